The molecule has 1 aliphatic heterocycles. The largest absolute Gasteiger partial charge is 0.457 e. The van der Waals surface area contributed by atoms with Gasteiger partial charge in [0, 0.05) is 11.1 Å². The van der Waals surface area contributed by atoms with Crippen LogP contribution in [0.4, 0.5) is 0 Å². The van der Waals surface area contributed by atoms with Gasteiger partial charge in [0.25, 0.3) is 0 Å². The van der Waals surface area contributed by atoms with Gasteiger partial charge in [0.05, 0.1) is 10.8 Å². The standard InChI is InChI=1S/C60H38O/c1-3-19-41(20-4-1)59(42-21-5-2-6-22-42)52-31-15-16-33-55(52)61-56-37-35-40(38-54(56)59)43-23-9-10-25-45(43)47-28-17-32-53-57(47)49-27-12-14-30-51(49)60(53)50-29-13-11-26-46(50)48-36-34-39-18-7-8-24-44(39)58(48)60/h1-38H. The maximum absolute atomic E-state index is 6.82. The van der Waals surface area contributed by atoms with Crippen LogP contribution in [-0.2, 0) is 10.8 Å². The van der Waals surface area contributed by atoms with Gasteiger partial charge in [0.2, 0.25) is 0 Å². The number of fused-ring (bicyclic) bond motifs is 14. The van der Waals surface area contributed by atoms with Crippen molar-refractivity contribution in [3.63, 3.8) is 0 Å². The Labute approximate surface area is 355 Å². The van der Waals surface area contributed by atoms with Gasteiger partial charge in [-0.25, -0.2) is 0 Å². The third-order valence-corrected chi connectivity index (χ3v) is 13.8. The fraction of sp³-hybridized carbons (Fsp3) is 0.0333. The molecule has 1 spiro atoms. The summed E-state index contributed by atoms with van der Waals surface area (Å²) < 4.78 is 6.82. The fourth-order valence-corrected chi connectivity index (χ4v) is 11.5. The van der Waals surface area contributed by atoms with E-state index in [2.05, 4.69) is 231 Å². The van der Waals surface area contributed by atoms with Crippen molar-refractivity contribution < 1.29 is 4.74 Å². The summed E-state index contributed by atoms with van der Waals surface area (Å²) in [5, 5.41) is 2.57. The van der Waals surface area contributed by atoms with Crippen LogP contribution in [-0.4, -0.2) is 0 Å². The van der Waals surface area contributed by atoms with E-state index in [0.717, 1.165) is 28.2 Å². The molecule has 284 valence electrons. The van der Waals surface area contributed by atoms with E-state index >= 15 is 0 Å². The maximum Gasteiger partial charge on any atom is 0.132 e. The van der Waals surface area contributed by atoms with Crippen LogP contribution in [0.15, 0.2) is 231 Å². The van der Waals surface area contributed by atoms with E-state index < -0.39 is 10.8 Å². The molecule has 0 aromatic heterocycles. The van der Waals surface area contributed by atoms with E-state index in [9.17, 15) is 0 Å². The number of hydrogen-bond acceptors (Lipinski definition) is 1. The van der Waals surface area contributed by atoms with Gasteiger partial charge in [0.1, 0.15) is 11.5 Å². The fourth-order valence-electron chi connectivity index (χ4n) is 11.5. The number of benzene rings is 10. The molecule has 10 aromatic carbocycles. The highest BCUT2D eigenvalue weighted by molar-refractivity contribution is 6.06. The zero-order valence-electron chi connectivity index (χ0n) is 33.3. The normalized spacial score (nSPS) is 15.9. The molecule has 0 N–H and O–H groups in total. The lowest BCUT2D eigenvalue weighted by Crippen LogP contribution is -2.34. The van der Waals surface area contributed by atoms with Crippen LogP contribution in [0.3, 0.4) is 0 Å². The first-order valence-corrected chi connectivity index (χ1v) is 21.3. The minimum atomic E-state index is -0.608. The Bertz CT molecular complexity index is 3360. The lowest BCUT2D eigenvalue weighted by molar-refractivity contribution is 0.434. The molecule has 1 atom stereocenters. The Hall–Kier alpha value is -7.74. The summed E-state index contributed by atoms with van der Waals surface area (Å²) in [5.41, 5.74) is 19.0. The minimum Gasteiger partial charge on any atom is -0.457 e. The Kier molecular flexibility index (Phi) is 7.21. The zero-order chi connectivity index (χ0) is 40.1. The first-order chi connectivity index (χ1) is 30.3. The van der Waals surface area contributed by atoms with Crippen LogP contribution in [0.2, 0.25) is 0 Å². The first kappa shape index (κ1) is 34.2. The average molecular weight is 775 g/mol. The maximum atomic E-state index is 6.82. The summed E-state index contributed by atoms with van der Waals surface area (Å²) in [5.74, 6) is 1.75. The molecule has 0 radical (unpaired) electrons. The second kappa shape index (κ2) is 12.9. The molecular weight excluding hydrogens is 737 g/mol. The van der Waals surface area contributed by atoms with E-state index in [4.69, 9.17) is 4.74 Å². The van der Waals surface area contributed by atoms with E-state index in [-0.39, 0.29) is 0 Å². The van der Waals surface area contributed by atoms with Crippen molar-refractivity contribution in [3.05, 3.63) is 275 Å². The van der Waals surface area contributed by atoms with Gasteiger partial charge < -0.3 is 4.74 Å². The van der Waals surface area contributed by atoms with Crippen molar-refractivity contribution in [2.45, 2.75) is 10.8 Å². The van der Waals surface area contributed by atoms with Crippen LogP contribution in [0.1, 0.15) is 44.5 Å². The monoisotopic (exact) mass is 774 g/mol. The number of ether oxygens (including phenoxy) is 1. The van der Waals surface area contributed by atoms with Crippen molar-refractivity contribution in [2.24, 2.45) is 0 Å². The molecular formula is C60H38O. The summed E-state index contributed by atoms with van der Waals surface area (Å²) in [6.45, 7) is 0. The van der Waals surface area contributed by atoms with Crippen molar-refractivity contribution in [3.8, 4) is 56.0 Å². The van der Waals surface area contributed by atoms with E-state index in [0.29, 0.717) is 0 Å². The molecule has 61 heavy (non-hydrogen) atoms. The van der Waals surface area contributed by atoms with Crippen LogP contribution in [0, 0.1) is 0 Å². The second-order valence-corrected chi connectivity index (χ2v) is 16.6. The smallest absolute Gasteiger partial charge is 0.132 e. The van der Waals surface area contributed by atoms with Gasteiger partial charge in [-0.3, -0.25) is 0 Å². The molecule has 0 saturated heterocycles. The van der Waals surface area contributed by atoms with Gasteiger partial charge in [0.15, 0.2) is 0 Å². The second-order valence-electron chi connectivity index (χ2n) is 16.6. The molecule has 1 nitrogen and oxygen atoms in total. The van der Waals surface area contributed by atoms with Gasteiger partial charge >= 0.3 is 0 Å². The molecule has 2 aliphatic carbocycles. The van der Waals surface area contributed by atoms with Crippen molar-refractivity contribution in [2.75, 3.05) is 0 Å². The van der Waals surface area contributed by atoms with Crippen molar-refractivity contribution in [1.29, 1.82) is 0 Å². The third-order valence-electron chi connectivity index (χ3n) is 13.8. The predicted molar refractivity (Wildman–Crippen MR) is 250 cm³/mol. The highest BCUT2D eigenvalue weighted by Gasteiger charge is 2.53. The summed E-state index contributed by atoms with van der Waals surface area (Å²) in [4.78, 5) is 0. The molecule has 1 unspecified atom stereocenters. The molecule has 0 amide bonds. The molecule has 1 heterocycles. The number of rotatable bonds is 4. The minimum absolute atomic E-state index is 0.467. The van der Waals surface area contributed by atoms with Gasteiger partial charge in [-0.2, -0.15) is 0 Å². The third kappa shape index (κ3) is 4.50. The molecule has 1 heteroatoms. The number of hydrogen-bond donors (Lipinski definition) is 0. The molecule has 0 bridgehead atoms. The Morgan fingerprint density at radius 3 is 1.62 bits per heavy atom. The molecule has 0 fully saturated rings. The van der Waals surface area contributed by atoms with Crippen molar-refractivity contribution in [1.82, 2.24) is 0 Å². The van der Waals surface area contributed by atoms with Crippen LogP contribution >= 0.6 is 0 Å². The topological polar surface area (TPSA) is 9.23 Å². The van der Waals surface area contributed by atoms with Gasteiger partial charge in [-0.1, -0.05) is 212 Å². The zero-order valence-corrected chi connectivity index (χ0v) is 33.3. The quantitative estimate of drug-likeness (QED) is 0.173. The summed E-state index contributed by atoms with van der Waals surface area (Å²) in [6, 6.07) is 85.2. The highest BCUT2D eigenvalue weighted by Crippen LogP contribution is 2.65. The number of para-hydroxylation sites is 1. The van der Waals surface area contributed by atoms with E-state index in [1.54, 1.807) is 0 Å². The molecule has 13 rings (SSSR count). The molecule has 3 aliphatic rings. The van der Waals surface area contributed by atoms with Crippen LogP contribution in [0.25, 0.3) is 55.3 Å². The molecule has 10 aromatic rings. The lowest BCUT2D eigenvalue weighted by atomic mass is 9.63. The predicted octanol–water partition coefficient (Wildman–Crippen LogP) is 15.0. The van der Waals surface area contributed by atoms with E-state index in [1.807, 2.05) is 0 Å². The first-order valence-electron chi connectivity index (χ1n) is 21.3. The van der Waals surface area contributed by atoms with Gasteiger partial charge in [-0.05, 0) is 107 Å². The molecule has 0 saturated carbocycles. The highest BCUT2D eigenvalue weighted by atomic mass is 16.5. The van der Waals surface area contributed by atoms with Crippen LogP contribution < -0.4 is 4.74 Å². The van der Waals surface area contributed by atoms with Crippen molar-refractivity contribution >= 4 is 10.8 Å². The van der Waals surface area contributed by atoms with Crippen LogP contribution in [0.5, 0.6) is 11.5 Å². The Balaban J connectivity index is 1.08. The summed E-state index contributed by atoms with van der Waals surface area (Å²) in [7, 11) is 0. The Morgan fingerprint density at radius 2 is 0.852 bits per heavy atom. The Morgan fingerprint density at radius 1 is 0.295 bits per heavy atom. The SMILES string of the molecule is c1ccc(C2(c3ccccc3)c3ccccc3Oc3ccc(-c4ccccc4-c4cccc5c4-c4ccccc4C54c5ccccc5-c5ccc6ccccc6c54)cc32)cc1. The lowest BCUT2D eigenvalue weighted by Gasteiger charge is -2.41. The van der Waals surface area contributed by atoms with Gasteiger partial charge in [-0.15, -0.1) is 0 Å². The summed E-state index contributed by atoms with van der Waals surface area (Å²) >= 11 is 0. The average Bonchev–Trinajstić information content (AvgIpc) is 3.81. The van der Waals surface area contributed by atoms with E-state index in [1.165, 1.54) is 83.1 Å². The summed E-state index contributed by atoms with van der Waals surface area (Å²) in [6.07, 6.45) is 0.